The molecule has 0 aliphatic heterocycles. The molecule has 0 saturated heterocycles. The van der Waals surface area contributed by atoms with Gasteiger partial charge in [-0.1, -0.05) is 6.08 Å². The van der Waals surface area contributed by atoms with Crippen molar-refractivity contribution in [3.63, 3.8) is 0 Å². The van der Waals surface area contributed by atoms with Crippen molar-refractivity contribution in [2.24, 2.45) is 0 Å². The first-order valence-electron chi connectivity index (χ1n) is 7.41. The van der Waals surface area contributed by atoms with Crippen LogP contribution in [-0.4, -0.2) is 48.7 Å². The molecular formula is C16H30O5. The second-order valence-corrected chi connectivity index (χ2v) is 6.11. The number of allylic oxidation sites excluding steroid dienone is 1. The molecule has 0 aliphatic carbocycles. The fourth-order valence-corrected chi connectivity index (χ4v) is 1.62. The van der Waals surface area contributed by atoms with Crippen LogP contribution in [0, 0.1) is 0 Å². The maximum Gasteiger partial charge on any atom is 0.330 e. The van der Waals surface area contributed by atoms with Gasteiger partial charge in [0.1, 0.15) is 0 Å². The zero-order valence-corrected chi connectivity index (χ0v) is 14.0. The van der Waals surface area contributed by atoms with Gasteiger partial charge in [-0.2, -0.15) is 0 Å². The molecule has 5 nitrogen and oxygen atoms in total. The SMILES string of the molecule is C/C=C\C(=O)OCCC(C)(C)OCCC(C)(C)OCCO. The molecule has 1 N–H and O–H groups in total. The summed E-state index contributed by atoms with van der Waals surface area (Å²) in [4.78, 5) is 11.2. The van der Waals surface area contributed by atoms with Crippen LogP contribution in [0.3, 0.4) is 0 Å². The van der Waals surface area contributed by atoms with Gasteiger partial charge in [-0.25, -0.2) is 4.79 Å². The van der Waals surface area contributed by atoms with Gasteiger partial charge in [-0.15, -0.1) is 0 Å². The average Bonchev–Trinajstić information content (AvgIpc) is 2.36. The minimum Gasteiger partial charge on any atom is -0.462 e. The van der Waals surface area contributed by atoms with Crippen LogP contribution in [0.15, 0.2) is 12.2 Å². The molecule has 0 aliphatic rings. The van der Waals surface area contributed by atoms with E-state index in [1.54, 1.807) is 13.0 Å². The molecule has 0 aromatic rings. The Bertz CT molecular complexity index is 321. The van der Waals surface area contributed by atoms with E-state index in [9.17, 15) is 4.79 Å². The standard InChI is InChI=1S/C16H30O5/c1-6-7-14(18)19-11-8-15(2,3)20-12-9-16(4,5)21-13-10-17/h6-7,17H,8-13H2,1-5H3/b7-6-. The largest absolute Gasteiger partial charge is 0.462 e. The number of rotatable bonds is 11. The van der Waals surface area contributed by atoms with Crippen LogP contribution in [0.5, 0.6) is 0 Å². The number of carbonyl (C=O) groups excluding carboxylic acids is 1. The maximum atomic E-state index is 11.2. The fourth-order valence-electron chi connectivity index (χ4n) is 1.62. The van der Waals surface area contributed by atoms with Crippen molar-refractivity contribution in [1.82, 2.24) is 0 Å². The molecule has 0 amide bonds. The van der Waals surface area contributed by atoms with E-state index in [2.05, 4.69) is 0 Å². The van der Waals surface area contributed by atoms with Crippen LogP contribution in [-0.2, 0) is 19.0 Å². The molecule has 0 bridgehead atoms. The zero-order valence-electron chi connectivity index (χ0n) is 14.0. The lowest BCUT2D eigenvalue weighted by Gasteiger charge is -2.29. The van der Waals surface area contributed by atoms with Crippen molar-refractivity contribution in [2.75, 3.05) is 26.4 Å². The topological polar surface area (TPSA) is 65.0 Å². The predicted molar refractivity (Wildman–Crippen MR) is 82.2 cm³/mol. The molecule has 0 spiro atoms. The molecule has 0 radical (unpaired) electrons. The Morgan fingerprint density at radius 2 is 1.52 bits per heavy atom. The Morgan fingerprint density at radius 3 is 2.05 bits per heavy atom. The van der Waals surface area contributed by atoms with E-state index in [1.807, 2.05) is 27.7 Å². The van der Waals surface area contributed by atoms with Gasteiger partial charge < -0.3 is 19.3 Å². The summed E-state index contributed by atoms with van der Waals surface area (Å²) in [6.07, 6.45) is 4.41. The molecular weight excluding hydrogens is 272 g/mol. The predicted octanol–water partition coefficient (Wildman–Crippen LogP) is 2.47. The summed E-state index contributed by atoms with van der Waals surface area (Å²) in [5.74, 6) is -0.327. The van der Waals surface area contributed by atoms with Crippen LogP contribution < -0.4 is 0 Å². The van der Waals surface area contributed by atoms with Crippen LogP contribution in [0.1, 0.15) is 47.5 Å². The quantitative estimate of drug-likeness (QED) is 0.469. The Hall–Kier alpha value is -0.910. The van der Waals surface area contributed by atoms with Crippen LogP contribution >= 0.6 is 0 Å². The van der Waals surface area contributed by atoms with Crippen molar-refractivity contribution in [3.05, 3.63) is 12.2 Å². The van der Waals surface area contributed by atoms with E-state index in [0.717, 1.165) is 6.42 Å². The third kappa shape index (κ3) is 11.4. The summed E-state index contributed by atoms with van der Waals surface area (Å²) < 4.78 is 16.4. The normalized spacial score (nSPS) is 12.9. The summed E-state index contributed by atoms with van der Waals surface area (Å²) in [6.45, 7) is 10.9. The number of hydrogen-bond acceptors (Lipinski definition) is 5. The summed E-state index contributed by atoms with van der Waals surface area (Å²) in [5, 5.41) is 8.76. The summed E-state index contributed by atoms with van der Waals surface area (Å²) in [7, 11) is 0. The van der Waals surface area contributed by atoms with E-state index in [-0.39, 0.29) is 23.8 Å². The van der Waals surface area contributed by atoms with E-state index >= 15 is 0 Å². The lowest BCUT2D eigenvalue weighted by atomic mass is 10.0. The highest BCUT2D eigenvalue weighted by Crippen LogP contribution is 2.19. The Kier molecular flexibility index (Phi) is 9.49. The number of ether oxygens (including phenoxy) is 3. The molecule has 0 aromatic carbocycles. The maximum absolute atomic E-state index is 11.2. The highest BCUT2D eigenvalue weighted by molar-refractivity contribution is 5.81. The average molecular weight is 302 g/mol. The second-order valence-electron chi connectivity index (χ2n) is 6.11. The fraction of sp³-hybridized carbons (Fsp3) is 0.812. The number of aliphatic hydroxyl groups is 1. The van der Waals surface area contributed by atoms with Gasteiger partial charge in [0.2, 0.25) is 0 Å². The van der Waals surface area contributed by atoms with Crippen molar-refractivity contribution < 1.29 is 24.1 Å². The van der Waals surface area contributed by atoms with E-state index in [0.29, 0.717) is 26.2 Å². The molecule has 0 saturated carbocycles. The molecule has 0 heterocycles. The van der Waals surface area contributed by atoms with Crippen molar-refractivity contribution in [2.45, 2.75) is 58.7 Å². The Labute approximate surface area is 128 Å². The van der Waals surface area contributed by atoms with Crippen LogP contribution in [0.25, 0.3) is 0 Å². The summed E-state index contributed by atoms with van der Waals surface area (Å²) in [5.41, 5.74) is -0.680. The molecule has 0 atom stereocenters. The van der Waals surface area contributed by atoms with Gasteiger partial charge >= 0.3 is 5.97 Å². The zero-order chi connectivity index (χ0) is 16.4. The first-order chi connectivity index (χ1) is 9.72. The molecule has 124 valence electrons. The lowest BCUT2D eigenvalue weighted by Crippen LogP contribution is -2.32. The minimum absolute atomic E-state index is 0.0212. The third-order valence-corrected chi connectivity index (χ3v) is 3.03. The van der Waals surface area contributed by atoms with E-state index in [1.165, 1.54) is 6.08 Å². The number of aliphatic hydroxyl groups excluding tert-OH is 1. The van der Waals surface area contributed by atoms with Gasteiger partial charge in [0, 0.05) is 12.5 Å². The van der Waals surface area contributed by atoms with Crippen molar-refractivity contribution in [1.29, 1.82) is 0 Å². The summed E-state index contributed by atoms with van der Waals surface area (Å²) >= 11 is 0. The minimum atomic E-state index is -0.358. The Balaban J connectivity index is 3.93. The van der Waals surface area contributed by atoms with E-state index < -0.39 is 0 Å². The van der Waals surface area contributed by atoms with Gasteiger partial charge in [-0.3, -0.25) is 0 Å². The molecule has 0 rings (SSSR count). The van der Waals surface area contributed by atoms with Crippen LogP contribution in [0.2, 0.25) is 0 Å². The first kappa shape index (κ1) is 20.1. The third-order valence-electron chi connectivity index (χ3n) is 3.03. The van der Waals surface area contributed by atoms with Crippen molar-refractivity contribution in [3.8, 4) is 0 Å². The van der Waals surface area contributed by atoms with Gasteiger partial charge in [-0.05, 0) is 41.0 Å². The highest BCUT2D eigenvalue weighted by Gasteiger charge is 2.22. The Morgan fingerprint density at radius 1 is 1.00 bits per heavy atom. The molecule has 0 unspecified atom stereocenters. The molecule has 5 heteroatoms. The summed E-state index contributed by atoms with van der Waals surface area (Å²) in [6, 6.07) is 0. The van der Waals surface area contributed by atoms with Crippen LogP contribution in [0.4, 0.5) is 0 Å². The lowest BCUT2D eigenvalue weighted by molar-refractivity contribution is -0.140. The first-order valence-corrected chi connectivity index (χ1v) is 7.41. The molecule has 0 aromatic heterocycles. The molecule has 21 heavy (non-hydrogen) atoms. The number of hydrogen-bond donors (Lipinski definition) is 1. The molecule has 0 fully saturated rings. The smallest absolute Gasteiger partial charge is 0.330 e. The monoisotopic (exact) mass is 302 g/mol. The van der Waals surface area contributed by atoms with E-state index in [4.69, 9.17) is 19.3 Å². The van der Waals surface area contributed by atoms with Crippen molar-refractivity contribution >= 4 is 5.97 Å². The second kappa shape index (κ2) is 9.92. The van der Waals surface area contributed by atoms with Gasteiger partial charge in [0.15, 0.2) is 0 Å². The number of carbonyl (C=O) groups is 1. The highest BCUT2D eigenvalue weighted by atomic mass is 16.5. The van der Waals surface area contributed by atoms with Gasteiger partial charge in [0.25, 0.3) is 0 Å². The number of esters is 1. The van der Waals surface area contributed by atoms with Gasteiger partial charge in [0.05, 0.1) is 37.6 Å².